The molecule has 2 aliphatic rings. The molecule has 2 aliphatic carbocycles. The largest absolute Gasteiger partial charge is 0.481 e. The number of carboxylic acid groups (broad SMARTS) is 1. The molecule has 0 radical (unpaired) electrons. The zero-order chi connectivity index (χ0) is 14.4. The van der Waals surface area contributed by atoms with E-state index in [1.54, 1.807) is 0 Å². The van der Waals surface area contributed by atoms with E-state index in [0.717, 1.165) is 12.8 Å². The van der Waals surface area contributed by atoms with Crippen LogP contribution in [-0.2, 0) is 31.0 Å². The summed E-state index contributed by atoms with van der Waals surface area (Å²) in [7, 11) is 0. The number of carboxylic acids is 1. The van der Waals surface area contributed by atoms with Gasteiger partial charge in [0.2, 0.25) is 0 Å². The molecule has 4 atom stereocenters. The van der Waals surface area contributed by atoms with Gasteiger partial charge >= 0.3 is 5.97 Å². The molecular formula is C18H18O2SZr. The first-order valence-corrected chi connectivity index (χ1v) is 8.47. The van der Waals surface area contributed by atoms with Crippen molar-refractivity contribution in [3.05, 3.63) is 42.5 Å². The summed E-state index contributed by atoms with van der Waals surface area (Å²) in [6, 6.07) is 15.0. The van der Waals surface area contributed by atoms with Crippen LogP contribution < -0.4 is 0 Å². The Morgan fingerprint density at radius 2 is 1.82 bits per heavy atom. The number of fused-ring (bicyclic) bond motifs is 3. The van der Waals surface area contributed by atoms with Crippen molar-refractivity contribution in [1.29, 1.82) is 0 Å². The summed E-state index contributed by atoms with van der Waals surface area (Å²) in [5.74, 6) is 0.297. The minimum absolute atomic E-state index is 0. The molecule has 0 heterocycles. The summed E-state index contributed by atoms with van der Waals surface area (Å²) in [6.07, 6.45) is 3.20. The van der Waals surface area contributed by atoms with E-state index in [2.05, 4.69) is 42.5 Å². The van der Waals surface area contributed by atoms with Crippen LogP contribution in [0.3, 0.4) is 0 Å². The minimum Gasteiger partial charge on any atom is -0.481 e. The third-order valence-corrected chi connectivity index (χ3v) is 6.45. The molecule has 0 aliphatic heterocycles. The van der Waals surface area contributed by atoms with E-state index in [1.807, 2.05) is 11.8 Å². The monoisotopic (exact) mass is 388 g/mol. The first kappa shape index (κ1) is 16.3. The number of aliphatic carboxylic acids is 1. The molecule has 112 valence electrons. The second-order valence-corrected chi connectivity index (χ2v) is 7.66. The van der Waals surface area contributed by atoms with Gasteiger partial charge in [-0.05, 0) is 54.0 Å². The number of thioether (sulfide) groups is 1. The number of benzene rings is 2. The smallest absolute Gasteiger partial charge is 0.306 e. The predicted molar refractivity (Wildman–Crippen MR) is 85.5 cm³/mol. The van der Waals surface area contributed by atoms with Crippen molar-refractivity contribution >= 4 is 28.5 Å². The van der Waals surface area contributed by atoms with Gasteiger partial charge in [-0.2, -0.15) is 0 Å². The molecule has 2 nitrogen and oxygen atoms in total. The van der Waals surface area contributed by atoms with Gasteiger partial charge in [0.1, 0.15) is 0 Å². The predicted octanol–water partition coefficient (Wildman–Crippen LogP) is 4.43. The van der Waals surface area contributed by atoms with Crippen molar-refractivity contribution in [3.8, 4) is 0 Å². The van der Waals surface area contributed by atoms with Gasteiger partial charge < -0.3 is 5.11 Å². The van der Waals surface area contributed by atoms with Crippen LogP contribution in [0.1, 0.15) is 19.3 Å². The van der Waals surface area contributed by atoms with Crippen LogP contribution in [-0.4, -0.2) is 16.3 Å². The fourth-order valence-corrected chi connectivity index (χ4v) is 5.66. The molecule has 1 N–H and O–H groups in total. The van der Waals surface area contributed by atoms with Crippen molar-refractivity contribution in [3.63, 3.8) is 0 Å². The molecule has 4 unspecified atom stereocenters. The van der Waals surface area contributed by atoms with E-state index in [4.69, 9.17) is 0 Å². The molecule has 0 saturated heterocycles. The number of carbonyl (C=O) groups is 1. The maximum absolute atomic E-state index is 11.4. The van der Waals surface area contributed by atoms with Crippen LogP contribution in [0, 0.1) is 17.8 Å². The summed E-state index contributed by atoms with van der Waals surface area (Å²) in [6.45, 7) is 0. The Kier molecular flexibility index (Phi) is 4.80. The standard InChI is InChI=1S/C18H18O2S.Zr/c19-18(20)16-8-11-7-15(16)17(9-11)21-14-6-5-12-3-1-2-4-13(12)10-14;/h1-6,10-11,15-17H,7-9H2,(H,19,20);. The van der Waals surface area contributed by atoms with Crippen LogP contribution in [0.5, 0.6) is 0 Å². The Balaban J connectivity index is 0.00000144. The normalized spacial score (nSPS) is 29.5. The summed E-state index contributed by atoms with van der Waals surface area (Å²) >= 11 is 1.89. The van der Waals surface area contributed by atoms with Crippen molar-refractivity contribution in [2.24, 2.45) is 17.8 Å². The maximum atomic E-state index is 11.4. The summed E-state index contributed by atoms with van der Waals surface area (Å²) in [5, 5.41) is 12.4. The van der Waals surface area contributed by atoms with E-state index in [-0.39, 0.29) is 32.1 Å². The van der Waals surface area contributed by atoms with Gasteiger partial charge in [0, 0.05) is 36.3 Å². The van der Waals surface area contributed by atoms with Crippen LogP contribution in [0.4, 0.5) is 0 Å². The van der Waals surface area contributed by atoms with Gasteiger partial charge in [0.05, 0.1) is 5.92 Å². The molecule has 2 saturated carbocycles. The Labute approximate surface area is 153 Å². The SMILES string of the molecule is O=C(O)C1CC2CC(Sc3ccc4ccccc4c3)C1C2.[Zr]. The Bertz CT molecular complexity index is 702. The van der Waals surface area contributed by atoms with Crippen LogP contribution in [0.2, 0.25) is 0 Å². The van der Waals surface area contributed by atoms with Gasteiger partial charge in [-0.1, -0.05) is 30.3 Å². The quantitative estimate of drug-likeness (QED) is 0.844. The van der Waals surface area contributed by atoms with Crippen LogP contribution >= 0.6 is 11.8 Å². The van der Waals surface area contributed by atoms with Crippen molar-refractivity contribution < 1.29 is 36.1 Å². The fourth-order valence-electron chi connectivity index (χ4n) is 4.12. The van der Waals surface area contributed by atoms with Gasteiger partial charge in [0.15, 0.2) is 0 Å². The minimum atomic E-state index is -0.591. The van der Waals surface area contributed by atoms with Gasteiger partial charge in [-0.3, -0.25) is 4.79 Å². The fraction of sp³-hybridized carbons (Fsp3) is 0.389. The zero-order valence-electron chi connectivity index (χ0n) is 12.2. The second-order valence-electron chi connectivity index (χ2n) is 6.35. The first-order valence-electron chi connectivity index (χ1n) is 7.59. The molecule has 2 bridgehead atoms. The van der Waals surface area contributed by atoms with Gasteiger partial charge in [0.25, 0.3) is 0 Å². The summed E-state index contributed by atoms with van der Waals surface area (Å²) < 4.78 is 0. The Morgan fingerprint density at radius 1 is 1.05 bits per heavy atom. The Morgan fingerprint density at radius 3 is 2.55 bits per heavy atom. The molecule has 0 aromatic heterocycles. The molecule has 4 rings (SSSR count). The average molecular weight is 390 g/mol. The third kappa shape index (κ3) is 2.92. The molecule has 0 spiro atoms. The van der Waals surface area contributed by atoms with Crippen LogP contribution in [0.15, 0.2) is 47.4 Å². The molecule has 4 heteroatoms. The third-order valence-electron chi connectivity index (χ3n) is 5.08. The molecule has 22 heavy (non-hydrogen) atoms. The molecule has 0 amide bonds. The van der Waals surface area contributed by atoms with E-state index in [9.17, 15) is 9.90 Å². The topological polar surface area (TPSA) is 37.3 Å². The van der Waals surface area contributed by atoms with E-state index >= 15 is 0 Å². The van der Waals surface area contributed by atoms with Gasteiger partial charge in [-0.25, -0.2) is 0 Å². The summed E-state index contributed by atoms with van der Waals surface area (Å²) in [4.78, 5) is 12.6. The first-order chi connectivity index (χ1) is 10.2. The summed E-state index contributed by atoms with van der Waals surface area (Å²) in [5.41, 5.74) is 0. The second kappa shape index (κ2) is 6.49. The molecular weight excluding hydrogens is 371 g/mol. The zero-order valence-corrected chi connectivity index (χ0v) is 15.5. The number of hydrogen-bond donors (Lipinski definition) is 1. The van der Waals surface area contributed by atoms with Crippen molar-refractivity contribution in [2.75, 3.05) is 0 Å². The van der Waals surface area contributed by atoms with Crippen molar-refractivity contribution in [2.45, 2.75) is 29.4 Å². The molecule has 2 aromatic carbocycles. The van der Waals surface area contributed by atoms with Crippen LogP contribution in [0.25, 0.3) is 10.8 Å². The number of hydrogen-bond acceptors (Lipinski definition) is 2. The molecule has 2 aromatic rings. The van der Waals surface area contributed by atoms with Crippen molar-refractivity contribution in [1.82, 2.24) is 0 Å². The Hall–Kier alpha value is -0.597. The average Bonchev–Trinajstić information content (AvgIpc) is 3.07. The number of rotatable bonds is 3. The van der Waals surface area contributed by atoms with Gasteiger partial charge in [-0.15, -0.1) is 11.8 Å². The van der Waals surface area contributed by atoms with E-state index in [1.165, 1.54) is 22.1 Å². The van der Waals surface area contributed by atoms with E-state index in [0.29, 0.717) is 17.1 Å². The maximum Gasteiger partial charge on any atom is 0.306 e. The van der Waals surface area contributed by atoms with E-state index < -0.39 is 5.97 Å². The molecule has 2 fully saturated rings.